The van der Waals surface area contributed by atoms with Crippen molar-refractivity contribution in [1.29, 1.82) is 0 Å². The van der Waals surface area contributed by atoms with Gasteiger partial charge < -0.3 is 9.64 Å². The number of rotatable bonds is 5. The Labute approximate surface area is 136 Å². The second-order valence-electron chi connectivity index (χ2n) is 7.00. The smallest absolute Gasteiger partial charge is 0.266 e. The molecule has 5 heteroatoms. The molecule has 1 aromatic heterocycles. The van der Waals surface area contributed by atoms with Gasteiger partial charge in [0.2, 0.25) is 0 Å². The first-order chi connectivity index (χ1) is 10.5. The Morgan fingerprint density at radius 2 is 2.23 bits per heavy atom. The van der Waals surface area contributed by atoms with Gasteiger partial charge in [0.25, 0.3) is 5.91 Å². The third-order valence-corrected chi connectivity index (χ3v) is 6.27. The zero-order valence-corrected chi connectivity index (χ0v) is 14.8. The first-order valence-electron chi connectivity index (χ1n) is 8.33. The van der Waals surface area contributed by atoms with Crippen LogP contribution in [-0.4, -0.2) is 35.0 Å². The molecule has 1 spiro atoms. The second-order valence-corrected chi connectivity index (χ2v) is 8.08. The van der Waals surface area contributed by atoms with E-state index in [-0.39, 0.29) is 5.91 Å². The van der Waals surface area contributed by atoms with Crippen LogP contribution in [0.5, 0.6) is 0 Å². The van der Waals surface area contributed by atoms with E-state index in [0.717, 1.165) is 22.1 Å². The molecule has 22 heavy (non-hydrogen) atoms. The van der Waals surface area contributed by atoms with Crippen LogP contribution >= 0.6 is 11.3 Å². The zero-order valence-electron chi connectivity index (χ0n) is 14.0. The molecule has 1 saturated carbocycles. The Hall–Kier alpha value is -0.940. The maximum absolute atomic E-state index is 12.9. The molecule has 1 aliphatic heterocycles. The summed E-state index contributed by atoms with van der Waals surface area (Å²) in [5, 5.41) is 0.905. The number of hydrogen-bond donors (Lipinski definition) is 0. The molecule has 122 valence electrons. The lowest BCUT2D eigenvalue weighted by molar-refractivity contribution is -0.120. The van der Waals surface area contributed by atoms with E-state index in [9.17, 15) is 4.79 Å². The minimum Gasteiger partial charge on any atom is -0.375 e. The van der Waals surface area contributed by atoms with Crippen molar-refractivity contribution < 1.29 is 9.53 Å². The van der Waals surface area contributed by atoms with Crippen LogP contribution in [0.4, 0.5) is 0 Å². The standard InChI is InChI=1S/C17H26N2O2S/c1-5-21-9-13-18-12(4)14(22-13)16(20)19-10-17(7-6-8-17)15(19)11(2)3/h11,15H,5-10H2,1-4H3/t15-/m0/s1. The van der Waals surface area contributed by atoms with Crippen LogP contribution in [0.25, 0.3) is 0 Å². The third-order valence-electron chi connectivity index (χ3n) is 5.15. The summed E-state index contributed by atoms with van der Waals surface area (Å²) in [6, 6.07) is 0.408. The molecule has 0 aromatic carbocycles. The molecule has 2 aliphatic rings. The highest BCUT2D eigenvalue weighted by Gasteiger charge is 2.58. The predicted octanol–water partition coefficient (Wildman–Crippen LogP) is 3.64. The molecular formula is C17H26N2O2S. The average molecular weight is 322 g/mol. The predicted molar refractivity (Wildman–Crippen MR) is 88.1 cm³/mol. The van der Waals surface area contributed by atoms with Gasteiger partial charge in [-0.3, -0.25) is 4.79 Å². The summed E-state index contributed by atoms with van der Waals surface area (Å²) in [7, 11) is 0. The van der Waals surface area contributed by atoms with Gasteiger partial charge in [0.1, 0.15) is 9.88 Å². The molecule has 0 N–H and O–H groups in total. The number of carbonyl (C=O) groups is 1. The van der Waals surface area contributed by atoms with Crippen molar-refractivity contribution in [2.45, 2.75) is 59.6 Å². The lowest BCUT2D eigenvalue weighted by Gasteiger charge is -2.64. The Kier molecular flexibility index (Phi) is 4.29. The molecule has 3 rings (SSSR count). The molecule has 1 aromatic rings. The van der Waals surface area contributed by atoms with Crippen LogP contribution in [0.15, 0.2) is 0 Å². The molecule has 1 saturated heterocycles. The number of aryl methyl sites for hydroxylation is 1. The number of nitrogens with zero attached hydrogens (tertiary/aromatic N) is 2. The maximum Gasteiger partial charge on any atom is 0.266 e. The minimum absolute atomic E-state index is 0.175. The van der Waals surface area contributed by atoms with E-state index in [1.807, 2.05) is 13.8 Å². The largest absolute Gasteiger partial charge is 0.375 e. The van der Waals surface area contributed by atoms with Gasteiger partial charge in [-0.15, -0.1) is 11.3 Å². The van der Waals surface area contributed by atoms with Crippen LogP contribution in [0, 0.1) is 18.3 Å². The summed E-state index contributed by atoms with van der Waals surface area (Å²) >= 11 is 1.50. The van der Waals surface area contributed by atoms with Gasteiger partial charge in [-0.2, -0.15) is 0 Å². The quantitative estimate of drug-likeness (QED) is 0.831. The zero-order chi connectivity index (χ0) is 15.9. The maximum atomic E-state index is 12.9. The van der Waals surface area contributed by atoms with E-state index in [0.29, 0.717) is 30.6 Å². The SMILES string of the molecule is CCOCc1nc(C)c(C(=O)N2CC3(CCC3)[C@@H]2C(C)C)s1. The third kappa shape index (κ3) is 2.48. The fourth-order valence-corrected chi connectivity index (χ4v) is 5.09. The summed E-state index contributed by atoms with van der Waals surface area (Å²) < 4.78 is 5.41. The number of amides is 1. The molecule has 0 radical (unpaired) electrons. The minimum atomic E-state index is 0.175. The highest BCUT2D eigenvalue weighted by Crippen LogP contribution is 2.55. The Morgan fingerprint density at radius 1 is 1.50 bits per heavy atom. The van der Waals surface area contributed by atoms with Crippen molar-refractivity contribution in [3.63, 3.8) is 0 Å². The number of ether oxygens (including phenoxy) is 1. The summed E-state index contributed by atoms with van der Waals surface area (Å²) in [5.74, 6) is 0.697. The van der Waals surface area contributed by atoms with E-state index in [2.05, 4.69) is 23.7 Å². The fourth-order valence-electron chi connectivity index (χ4n) is 4.13. The van der Waals surface area contributed by atoms with Gasteiger partial charge in [-0.05, 0) is 32.6 Å². The monoisotopic (exact) mass is 322 g/mol. The lowest BCUT2D eigenvalue weighted by Crippen LogP contribution is -2.70. The Balaban J connectivity index is 1.75. The van der Waals surface area contributed by atoms with Crippen LogP contribution < -0.4 is 0 Å². The molecule has 2 fully saturated rings. The fraction of sp³-hybridized carbons (Fsp3) is 0.765. The number of carbonyl (C=O) groups excluding carboxylic acids is 1. The van der Waals surface area contributed by atoms with Gasteiger partial charge in [0, 0.05) is 24.6 Å². The summed E-state index contributed by atoms with van der Waals surface area (Å²) in [4.78, 5) is 20.3. The van der Waals surface area contributed by atoms with Gasteiger partial charge >= 0.3 is 0 Å². The molecule has 2 heterocycles. The first-order valence-corrected chi connectivity index (χ1v) is 9.15. The number of thiazole rings is 1. The van der Waals surface area contributed by atoms with Crippen molar-refractivity contribution in [2.24, 2.45) is 11.3 Å². The van der Waals surface area contributed by atoms with E-state index in [4.69, 9.17) is 4.74 Å². The average Bonchev–Trinajstić information content (AvgIpc) is 2.74. The summed E-state index contributed by atoms with van der Waals surface area (Å²) in [6.45, 7) is 10.5. The number of likely N-dealkylation sites (tertiary alicyclic amines) is 1. The Bertz CT molecular complexity index is 563. The highest BCUT2D eigenvalue weighted by atomic mass is 32.1. The van der Waals surface area contributed by atoms with Crippen LogP contribution in [0.1, 0.15) is 60.4 Å². The van der Waals surface area contributed by atoms with Crippen molar-refractivity contribution in [3.05, 3.63) is 15.6 Å². The Morgan fingerprint density at radius 3 is 2.77 bits per heavy atom. The van der Waals surface area contributed by atoms with Crippen molar-refractivity contribution in [3.8, 4) is 0 Å². The lowest BCUT2D eigenvalue weighted by atomic mass is 9.55. The first kappa shape index (κ1) is 15.9. The molecule has 0 unspecified atom stereocenters. The van der Waals surface area contributed by atoms with Gasteiger partial charge in [-0.25, -0.2) is 4.98 Å². The van der Waals surface area contributed by atoms with E-state index in [1.165, 1.54) is 30.6 Å². The summed E-state index contributed by atoms with van der Waals surface area (Å²) in [6.07, 6.45) is 3.90. The molecule has 1 amide bonds. The van der Waals surface area contributed by atoms with Gasteiger partial charge in [0.15, 0.2) is 0 Å². The number of aromatic nitrogens is 1. The normalized spacial score (nSPS) is 22.8. The second kappa shape index (κ2) is 5.93. The van der Waals surface area contributed by atoms with Crippen LogP contribution in [0.3, 0.4) is 0 Å². The van der Waals surface area contributed by atoms with Crippen molar-refractivity contribution in [1.82, 2.24) is 9.88 Å². The molecule has 1 aliphatic carbocycles. The van der Waals surface area contributed by atoms with Gasteiger partial charge in [0.05, 0.1) is 12.3 Å². The molecule has 4 nitrogen and oxygen atoms in total. The van der Waals surface area contributed by atoms with Crippen molar-refractivity contribution >= 4 is 17.2 Å². The van der Waals surface area contributed by atoms with E-state index < -0.39 is 0 Å². The molecule has 0 bridgehead atoms. The van der Waals surface area contributed by atoms with Crippen LogP contribution in [-0.2, 0) is 11.3 Å². The topological polar surface area (TPSA) is 42.4 Å². The van der Waals surface area contributed by atoms with Crippen LogP contribution in [0.2, 0.25) is 0 Å². The van der Waals surface area contributed by atoms with E-state index in [1.54, 1.807) is 0 Å². The molecule has 1 atom stereocenters. The molecular weight excluding hydrogens is 296 g/mol. The number of hydrogen-bond acceptors (Lipinski definition) is 4. The van der Waals surface area contributed by atoms with Gasteiger partial charge in [-0.1, -0.05) is 20.3 Å². The highest BCUT2D eigenvalue weighted by molar-refractivity contribution is 7.13. The van der Waals surface area contributed by atoms with E-state index >= 15 is 0 Å². The van der Waals surface area contributed by atoms with Crippen molar-refractivity contribution in [2.75, 3.05) is 13.2 Å². The summed E-state index contributed by atoms with van der Waals surface area (Å²) in [5.41, 5.74) is 1.28.